The topological polar surface area (TPSA) is 40.5 Å². The summed E-state index contributed by atoms with van der Waals surface area (Å²) in [5.41, 5.74) is 1.17. The lowest BCUT2D eigenvalue weighted by molar-refractivity contribution is 0.405. The van der Waals surface area contributed by atoms with Gasteiger partial charge in [-0.3, -0.25) is 0 Å². The van der Waals surface area contributed by atoms with Crippen LogP contribution >= 0.6 is 0 Å². The fourth-order valence-corrected chi connectivity index (χ4v) is 3.30. The Morgan fingerprint density at radius 1 is 0.714 bits per heavy atom. The van der Waals surface area contributed by atoms with Crippen LogP contribution in [0.1, 0.15) is 5.56 Å². The molecular formula is C18H15BO2. The molecule has 0 saturated heterocycles. The fraction of sp³-hybridized carbons (Fsp3) is 0.111. The highest BCUT2D eigenvalue weighted by atomic mass is 16.4. The van der Waals surface area contributed by atoms with Crippen molar-refractivity contribution in [1.29, 1.82) is 0 Å². The zero-order valence-electron chi connectivity index (χ0n) is 11.6. The van der Waals surface area contributed by atoms with Crippen molar-refractivity contribution in [3.05, 3.63) is 60.2 Å². The van der Waals surface area contributed by atoms with E-state index in [1.54, 1.807) is 0 Å². The average Bonchev–Trinajstić information content (AvgIpc) is 2.51. The molecule has 4 aromatic carbocycles. The fourth-order valence-electron chi connectivity index (χ4n) is 3.30. The van der Waals surface area contributed by atoms with E-state index in [2.05, 4.69) is 54.6 Å². The van der Waals surface area contributed by atoms with Crippen molar-refractivity contribution in [2.75, 3.05) is 0 Å². The highest BCUT2D eigenvalue weighted by Gasteiger charge is 2.12. The maximum absolute atomic E-state index is 9.11. The van der Waals surface area contributed by atoms with Gasteiger partial charge >= 0.3 is 7.12 Å². The van der Waals surface area contributed by atoms with E-state index in [0.717, 1.165) is 0 Å². The molecule has 0 aliphatic rings. The average molecular weight is 274 g/mol. The number of aryl methyl sites for hydroxylation is 1. The highest BCUT2D eigenvalue weighted by Crippen LogP contribution is 2.36. The number of benzene rings is 4. The van der Waals surface area contributed by atoms with Crippen molar-refractivity contribution in [2.24, 2.45) is 0 Å². The van der Waals surface area contributed by atoms with E-state index in [1.165, 1.54) is 37.9 Å². The van der Waals surface area contributed by atoms with Gasteiger partial charge in [-0.2, -0.15) is 0 Å². The Kier molecular flexibility index (Phi) is 2.84. The molecule has 2 nitrogen and oxygen atoms in total. The van der Waals surface area contributed by atoms with E-state index < -0.39 is 7.12 Å². The Morgan fingerprint density at radius 3 is 2.05 bits per heavy atom. The maximum Gasteiger partial charge on any atom is 0.451 e. The quantitative estimate of drug-likeness (QED) is 0.442. The lowest BCUT2D eigenvalue weighted by atomic mass is 9.81. The summed E-state index contributed by atoms with van der Waals surface area (Å²) in [6.07, 6.45) is 1.04. The third-order valence-corrected chi connectivity index (χ3v) is 4.29. The number of hydrogen-bond acceptors (Lipinski definition) is 2. The normalized spacial score (nSPS) is 11.7. The van der Waals surface area contributed by atoms with E-state index in [4.69, 9.17) is 10.0 Å². The molecule has 0 aromatic heterocycles. The van der Waals surface area contributed by atoms with Crippen LogP contribution in [0.4, 0.5) is 0 Å². The van der Waals surface area contributed by atoms with Crippen LogP contribution in [0.5, 0.6) is 0 Å². The summed E-state index contributed by atoms with van der Waals surface area (Å²) in [7, 11) is -1.25. The van der Waals surface area contributed by atoms with Gasteiger partial charge in [0.25, 0.3) is 0 Å². The van der Waals surface area contributed by atoms with Crippen molar-refractivity contribution >= 4 is 39.4 Å². The smallest absolute Gasteiger partial charge is 0.427 e. The third kappa shape index (κ3) is 1.97. The molecule has 0 fully saturated rings. The summed E-state index contributed by atoms with van der Waals surface area (Å²) in [6.45, 7) is 0. The predicted molar refractivity (Wildman–Crippen MR) is 88.8 cm³/mol. The van der Waals surface area contributed by atoms with Crippen LogP contribution in [0.2, 0.25) is 6.32 Å². The molecule has 0 aliphatic carbocycles. The van der Waals surface area contributed by atoms with Gasteiger partial charge in [-0.25, -0.2) is 0 Å². The molecule has 0 spiro atoms. The Morgan fingerprint density at radius 2 is 1.33 bits per heavy atom. The van der Waals surface area contributed by atoms with Crippen molar-refractivity contribution < 1.29 is 10.0 Å². The second-order valence-corrected chi connectivity index (χ2v) is 5.60. The monoisotopic (exact) mass is 274 g/mol. The summed E-state index contributed by atoms with van der Waals surface area (Å²) in [5.74, 6) is 0. The first-order valence-electron chi connectivity index (χ1n) is 7.25. The molecule has 0 radical (unpaired) electrons. The first-order valence-corrected chi connectivity index (χ1v) is 7.25. The Hall–Kier alpha value is -2.10. The molecule has 2 N–H and O–H groups in total. The van der Waals surface area contributed by atoms with Gasteiger partial charge in [0.05, 0.1) is 0 Å². The second kappa shape index (κ2) is 4.73. The van der Waals surface area contributed by atoms with E-state index in [-0.39, 0.29) is 0 Å². The summed E-state index contributed by atoms with van der Waals surface area (Å²) in [5, 5.41) is 25.8. The molecule has 4 aromatic rings. The zero-order chi connectivity index (χ0) is 14.4. The standard InChI is InChI=1S/C18H15BO2/c20-19(21)11-10-12-4-5-15-7-6-13-2-1-3-14-8-9-16(12)18(15)17(13)14/h1-9,20-21H,10-11H2. The van der Waals surface area contributed by atoms with Gasteiger partial charge in [0.2, 0.25) is 0 Å². The van der Waals surface area contributed by atoms with E-state index in [1.807, 2.05) is 0 Å². The van der Waals surface area contributed by atoms with Crippen LogP contribution in [0.15, 0.2) is 54.6 Å². The summed E-state index contributed by atoms with van der Waals surface area (Å²) in [6, 6.07) is 19.3. The lowest BCUT2D eigenvalue weighted by Gasteiger charge is -2.13. The zero-order valence-corrected chi connectivity index (χ0v) is 11.6. The van der Waals surface area contributed by atoms with E-state index in [0.29, 0.717) is 12.7 Å². The summed E-state index contributed by atoms with van der Waals surface area (Å²) < 4.78 is 0. The molecule has 0 aliphatic heterocycles. The molecular weight excluding hydrogens is 259 g/mol. The van der Waals surface area contributed by atoms with Crippen LogP contribution < -0.4 is 0 Å². The molecule has 102 valence electrons. The SMILES string of the molecule is OB(O)CCc1ccc2ccc3cccc4ccc1c2c34. The minimum atomic E-state index is -1.25. The van der Waals surface area contributed by atoms with Gasteiger partial charge in [-0.1, -0.05) is 54.6 Å². The minimum Gasteiger partial charge on any atom is -0.427 e. The lowest BCUT2D eigenvalue weighted by Crippen LogP contribution is -2.11. The first kappa shape index (κ1) is 12.6. The number of hydrogen-bond donors (Lipinski definition) is 2. The van der Waals surface area contributed by atoms with Crippen LogP contribution in [0, 0.1) is 0 Å². The molecule has 4 rings (SSSR count). The predicted octanol–water partition coefficient (Wildman–Crippen LogP) is 3.60. The Bertz CT molecular complexity index is 915. The van der Waals surface area contributed by atoms with E-state index >= 15 is 0 Å². The van der Waals surface area contributed by atoms with Gasteiger partial charge < -0.3 is 10.0 Å². The van der Waals surface area contributed by atoms with Crippen LogP contribution in [-0.2, 0) is 6.42 Å². The Balaban J connectivity index is 2.06. The van der Waals surface area contributed by atoms with Crippen molar-refractivity contribution in [1.82, 2.24) is 0 Å². The minimum absolute atomic E-state index is 0.365. The van der Waals surface area contributed by atoms with Gasteiger partial charge in [0.15, 0.2) is 0 Å². The van der Waals surface area contributed by atoms with Crippen LogP contribution in [-0.4, -0.2) is 17.2 Å². The molecule has 0 saturated carbocycles. The molecule has 0 heterocycles. The van der Waals surface area contributed by atoms with Gasteiger partial charge in [-0.05, 0) is 50.6 Å². The van der Waals surface area contributed by atoms with Gasteiger partial charge in [0.1, 0.15) is 0 Å². The van der Waals surface area contributed by atoms with E-state index in [9.17, 15) is 0 Å². The van der Waals surface area contributed by atoms with Crippen molar-refractivity contribution in [2.45, 2.75) is 12.7 Å². The second-order valence-electron chi connectivity index (χ2n) is 5.60. The number of rotatable bonds is 3. The Labute approximate surface area is 123 Å². The largest absolute Gasteiger partial charge is 0.451 e. The highest BCUT2D eigenvalue weighted by molar-refractivity contribution is 6.41. The molecule has 0 amide bonds. The van der Waals surface area contributed by atoms with Gasteiger partial charge in [-0.15, -0.1) is 0 Å². The van der Waals surface area contributed by atoms with Crippen LogP contribution in [0.25, 0.3) is 32.3 Å². The molecule has 0 unspecified atom stereocenters. The molecule has 3 heteroatoms. The first-order chi connectivity index (χ1) is 10.2. The van der Waals surface area contributed by atoms with Crippen molar-refractivity contribution in [3.63, 3.8) is 0 Å². The maximum atomic E-state index is 9.11. The third-order valence-electron chi connectivity index (χ3n) is 4.29. The summed E-state index contributed by atoms with van der Waals surface area (Å²) in [4.78, 5) is 0. The molecule has 21 heavy (non-hydrogen) atoms. The van der Waals surface area contributed by atoms with Crippen LogP contribution in [0.3, 0.4) is 0 Å². The molecule has 0 atom stereocenters. The summed E-state index contributed by atoms with van der Waals surface area (Å²) >= 11 is 0. The van der Waals surface area contributed by atoms with Gasteiger partial charge in [0, 0.05) is 0 Å². The molecule has 0 bridgehead atoms. The van der Waals surface area contributed by atoms with Crippen molar-refractivity contribution in [3.8, 4) is 0 Å².